The van der Waals surface area contributed by atoms with Gasteiger partial charge < -0.3 is 5.32 Å². The molecule has 1 amide bonds. The second-order valence-electron chi connectivity index (χ2n) is 2.38. The van der Waals surface area contributed by atoms with Gasteiger partial charge in [0.15, 0.2) is 0 Å². The van der Waals surface area contributed by atoms with Gasteiger partial charge in [0.05, 0.1) is 6.54 Å². The van der Waals surface area contributed by atoms with E-state index >= 15 is 0 Å². The van der Waals surface area contributed by atoms with Gasteiger partial charge in [-0.1, -0.05) is 0 Å². The van der Waals surface area contributed by atoms with Gasteiger partial charge in [0.2, 0.25) is 5.91 Å². The Morgan fingerprint density at radius 3 is 3.18 bits per heavy atom. The van der Waals surface area contributed by atoms with Crippen molar-refractivity contribution < 1.29 is 4.79 Å². The normalized spacial score (nSPS) is 14.8. The van der Waals surface area contributed by atoms with Crippen LogP contribution in [0.1, 0.15) is 13.3 Å². The first kappa shape index (κ1) is 7.91. The Hall–Kier alpha value is -1.19. The summed E-state index contributed by atoms with van der Waals surface area (Å²) in [4.78, 5) is 18.4. The van der Waals surface area contributed by atoms with Gasteiger partial charge in [-0.3, -0.25) is 9.79 Å². The van der Waals surface area contributed by atoms with Crippen molar-refractivity contribution in [3.63, 3.8) is 0 Å². The molecule has 60 valence electrons. The zero-order chi connectivity index (χ0) is 8.10. The van der Waals surface area contributed by atoms with E-state index in [9.17, 15) is 4.79 Å². The molecule has 1 N–H and O–H groups in total. The molecule has 1 aliphatic rings. The SMILES string of the molecule is CC(=O)NCCC1=NC=NC1. The minimum absolute atomic E-state index is 0.00418. The van der Waals surface area contributed by atoms with Crippen molar-refractivity contribution in [3.8, 4) is 0 Å². The largest absolute Gasteiger partial charge is 0.356 e. The molecule has 11 heavy (non-hydrogen) atoms. The van der Waals surface area contributed by atoms with E-state index in [2.05, 4.69) is 15.3 Å². The Bertz CT molecular complexity index is 208. The van der Waals surface area contributed by atoms with Gasteiger partial charge in [-0.2, -0.15) is 0 Å². The first-order chi connectivity index (χ1) is 5.29. The number of nitrogens with one attached hydrogen (secondary N) is 1. The van der Waals surface area contributed by atoms with Gasteiger partial charge >= 0.3 is 0 Å². The molecule has 0 aromatic rings. The van der Waals surface area contributed by atoms with Crippen molar-refractivity contribution in [1.82, 2.24) is 5.32 Å². The Balaban J connectivity index is 2.09. The Labute approximate surface area is 65.4 Å². The lowest BCUT2D eigenvalue weighted by atomic mass is 10.3. The highest BCUT2D eigenvalue weighted by atomic mass is 16.1. The summed E-state index contributed by atoms with van der Waals surface area (Å²) in [5.41, 5.74) is 1.04. The molecular weight excluding hydrogens is 142 g/mol. The second-order valence-corrected chi connectivity index (χ2v) is 2.38. The average molecular weight is 153 g/mol. The zero-order valence-corrected chi connectivity index (χ0v) is 6.50. The average Bonchev–Trinajstić information content (AvgIpc) is 2.39. The van der Waals surface area contributed by atoms with Crippen LogP contribution in [0.4, 0.5) is 0 Å². The van der Waals surface area contributed by atoms with E-state index in [0.29, 0.717) is 13.1 Å². The maximum atomic E-state index is 10.4. The van der Waals surface area contributed by atoms with Crippen LogP contribution < -0.4 is 5.32 Å². The van der Waals surface area contributed by atoms with Crippen LogP contribution >= 0.6 is 0 Å². The maximum Gasteiger partial charge on any atom is 0.216 e. The molecule has 0 aromatic heterocycles. The van der Waals surface area contributed by atoms with Gasteiger partial charge in [0, 0.05) is 25.6 Å². The summed E-state index contributed by atoms with van der Waals surface area (Å²) in [6, 6.07) is 0. The van der Waals surface area contributed by atoms with Gasteiger partial charge in [0.25, 0.3) is 0 Å². The summed E-state index contributed by atoms with van der Waals surface area (Å²) in [7, 11) is 0. The smallest absolute Gasteiger partial charge is 0.216 e. The lowest BCUT2D eigenvalue weighted by molar-refractivity contribution is -0.118. The van der Waals surface area contributed by atoms with E-state index in [1.54, 1.807) is 6.34 Å². The number of hydrogen-bond donors (Lipinski definition) is 1. The van der Waals surface area contributed by atoms with E-state index in [1.165, 1.54) is 6.92 Å². The molecule has 1 heterocycles. The van der Waals surface area contributed by atoms with Gasteiger partial charge in [-0.05, 0) is 0 Å². The summed E-state index contributed by atoms with van der Waals surface area (Å²) in [5.74, 6) is 0.00418. The number of carbonyl (C=O) groups is 1. The number of carbonyl (C=O) groups excluding carboxylic acids is 1. The van der Waals surface area contributed by atoms with Crippen LogP contribution in [-0.4, -0.2) is 31.0 Å². The predicted octanol–water partition coefficient (Wildman–Crippen LogP) is -0.00450. The van der Waals surface area contributed by atoms with E-state index in [4.69, 9.17) is 0 Å². The summed E-state index contributed by atoms with van der Waals surface area (Å²) >= 11 is 0. The molecule has 0 bridgehead atoms. The third kappa shape index (κ3) is 2.93. The fourth-order valence-electron chi connectivity index (χ4n) is 0.836. The molecule has 0 spiro atoms. The Kier molecular flexibility index (Phi) is 2.77. The van der Waals surface area contributed by atoms with Gasteiger partial charge in [-0.15, -0.1) is 0 Å². The highest BCUT2D eigenvalue weighted by Gasteiger charge is 2.01. The van der Waals surface area contributed by atoms with Crippen molar-refractivity contribution in [2.45, 2.75) is 13.3 Å². The van der Waals surface area contributed by atoms with Crippen LogP contribution in [-0.2, 0) is 4.79 Å². The first-order valence-corrected chi connectivity index (χ1v) is 3.57. The second kappa shape index (κ2) is 3.85. The standard InChI is InChI=1S/C7H11N3O/c1-6(11)9-3-2-7-4-8-5-10-7/h5H,2-4H2,1H3,(H,9,11). The van der Waals surface area contributed by atoms with E-state index in [1.807, 2.05) is 0 Å². The van der Waals surface area contributed by atoms with E-state index in [-0.39, 0.29) is 5.91 Å². The van der Waals surface area contributed by atoms with E-state index < -0.39 is 0 Å². The minimum atomic E-state index is 0.00418. The van der Waals surface area contributed by atoms with E-state index in [0.717, 1.165) is 12.1 Å². The first-order valence-electron chi connectivity index (χ1n) is 3.57. The molecule has 0 aliphatic carbocycles. The monoisotopic (exact) mass is 153 g/mol. The fourth-order valence-corrected chi connectivity index (χ4v) is 0.836. The van der Waals surface area contributed by atoms with Crippen LogP contribution in [0.3, 0.4) is 0 Å². The third-order valence-electron chi connectivity index (χ3n) is 1.38. The molecule has 0 aromatic carbocycles. The topological polar surface area (TPSA) is 53.8 Å². The molecule has 1 aliphatic heterocycles. The molecule has 1 rings (SSSR count). The lowest BCUT2D eigenvalue weighted by Gasteiger charge is -1.99. The van der Waals surface area contributed by atoms with Crippen LogP contribution in [0, 0.1) is 0 Å². The van der Waals surface area contributed by atoms with Crippen molar-refractivity contribution in [2.24, 2.45) is 9.98 Å². The minimum Gasteiger partial charge on any atom is -0.356 e. The van der Waals surface area contributed by atoms with Gasteiger partial charge in [0.1, 0.15) is 6.34 Å². The molecule has 4 nitrogen and oxygen atoms in total. The maximum absolute atomic E-state index is 10.4. The van der Waals surface area contributed by atoms with Crippen molar-refractivity contribution in [2.75, 3.05) is 13.1 Å². The zero-order valence-electron chi connectivity index (χ0n) is 6.50. The molecule has 0 saturated carbocycles. The highest BCUT2D eigenvalue weighted by Crippen LogP contribution is 1.92. The summed E-state index contributed by atoms with van der Waals surface area (Å²) in [5, 5.41) is 2.70. The molecule has 0 saturated heterocycles. The molecule has 0 atom stereocenters. The van der Waals surface area contributed by atoms with Crippen molar-refractivity contribution in [1.29, 1.82) is 0 Å². The Morgan fingerprint density at radius 1 is 1.82 bits per heavy atom. The van der Waals surface area contributed by atoms with Crippen molar-refractivity contribution in [3.05, 3.63) is 0 Å². The predicted molar refractivity (Wildman–Crippen MR) is 44.1 cm³/mol. The number of nitrogens with zero attached hydrogens (tertiary/aromatic N) is 2. The molecule has 0 fully saturated rings. The number of hydrogen-bond acceptors (Lipinski definition) is 3. The quantitative estimate of drug-likeness (QED) is 0.609. The summed E-state index contributed by atoms with van der Waals surface area (Å²) < 4.78 is 0. The molecule has 0 radical (unpaired) electrons. The molecule has 4 heteroatoms. The van der Waals surface area contributed by atoms with Crippen LogP contribution in [0.15, 0.2) is 9.98 Å². The summed E-state index contributed by atoms with van der Waals surface area (Å²) in [6.45, 7) is 2.87. The fraction of sp³-hybridized carbons (Fsp3) is 0.571. The lowest BCUT2D eigenvalue weighted by Crippen LogP contribution is -2.23. The van der Waals surface area contributed by atoms with Crippen LogP contribution in [0.2, 0.25) is 0 Å². The van der Waals surface area contributed by atoms with Crippen LogP contribution in [0.25, 0.3) is 0 Å². The molecular formula is C7H11N3O. The number of amides is 1. The van der Waals surface area contributed by atoms with Gasteiger partial charge in [-0.25, -0.2) is 4.99 Å². The van der Waals surface area contributed by atoms with Crippen molar-refractivity contribution >= 4 is 18.0 Å². The van der Waals surface area contributed by atoms with Crippen LogP contribution in [0.5, 0.6) is 0 Å². The summed E-state index contributed by atoms with van der Waals surface area (Å²) in [6.07, 6.45) is 2.36. The number of rotatable bonds is 3. The Morgan fingerprint density at radius 2 is 2.64 bits per heavy atom. The highest BCUT2D eigenvalue weighted by molar-refractivity contribution is 5.96. The third-order valence-corrected chi connectivity index (χ3v) is 1.38. The molecule has 0 unspecified atom stereocenters. The number of aliphatic imine (C=N–C) groups is 2.